The minimum Gasteiger partial charge on any atom is -0.430 e. The van der Waals surface area contributed by atoms with Crippen molar-refractivity contribution in [3.63, 3.8) is 0 Å². The average molecular weight is 298 g/mol. The summed E-state index contributed by atoms with van der Waals surface area (Å²) in [6, 6.07) is 0. The normalized spacial score (nSPS) is 51.1. The largest absolute Gasteiger partial charge is 0.430 e. The Labute approximate surface area is 126 Å². The van der Waals surface area contributed by atoms with Gasteiger partial charge in [-0.15, -0.1) is 0 Å². The second-order valence-electron chi connectivity index (χ2n) is 7.28. The molecule has 0 aromatic heterocycles. The molecule has 0 aliphatic carbocycles. The van der Waals surface area contributed by atoms with Gasteiger partial charge in [0.1, 0.15) is 6.61 Å². The Morgan fingerprint density at radius 3 is 2.57 bits per heavy atom. The van der Waals surface area contributed by atoms with Crippen LogP contribution in [-0.4, -0.2) is 24.2 Å². The van der Waals surface area contributed by atoms with Crippen molar-refractivity contribution in [2.24, 2.45) is 23.7 Å². The zero-order valence-corrected chi connectivity index (χ0v) is 13.4. The molecule has 6 atom stereocenters. The van der Waals surface area contributed by atoms with Gasteiger partial charge in [-0.25, -0.2) is 9.78 Å². The minimum absolute atomic E-state index is 0.0287. The van der Waals surface area contributed by atoms with E-state index < -0.39 is 11.6 Å². The van der Waals surface area contributed by atoms with E-state index in [-0.39, 0.29) is 24.4 Å². The quantitative estimate of drug-likeness (QED) is 0.508. The smallest absolute Gasteiger partial charge is 0.311 e. The van der Waals surface area contributed by atoms with Crippen LogP contribution >= 0.6 is 0 Å². The van der Waals surface area contributed by atoms with Gasteiger partial charge in [0.2, 0.25) is 11.6 Å². The third-order valence-corrected chi connectivity index (χ3v) is 5.66. The van der Waals surface area contributed by atoms with Crippen LogP contribution in [0.1, 0.15) is 53.4 Å². The number of rotatable bonds is 0. The van der Waals surface area contributed by atoms with Crippen LogP contribution in [0.2, 0.25) is 0 Å². The highest BCUT2D eigenvalue weighted by Crippen LogP contribution is 2.48. The SMILES string of the molecule is CC1CCC2C(C)C(=O)OC23COOC(C)(CCC1C)O3. The summed E-state index contributed by atoms with van der Waals surface area (Å²) >= 11 is 0. The van der Waals surface area contributed by atoms with E-state index in [0.29, 0.717) is 11.8 Å². The zero-order chi connectivity index (χ0) is 15.3. The molecule has 0 aromatic carbocycles. The van der Waals surface area contributed by atoms with Crippen LogP contribution in [-0.2, 0) is 24.0 Å². The van der Waals surface area contributed by atoms with Crippen LogP contribution < -0.4 is 0 Å². The van der Waals surface area contributed by atoms with Crippen molar-refractivity contribution in [1.29, 1.82) is 0 Å². The van der Waals surface area contributed by atoms with Crippen LogP contribution in [0.5, 0.6) is 0 Å². The maximum atomic E-state index is 12.1. The number of hydrogen-bond donors (Lipinski definition) is 0. The summed E-state index contributed by atoms with van der Waals surface area (Å²) in [5.74, 6) is -0.910. The number of esters is 1. The standard InChI is InChI=1S/C16H26O5/c1-10-5-6-13-12(3)14(17)19-16(13)9-18-21-15(4,20-16)8-7-11(10)2/h10-13H,5-9H2,1-4H3. The van der Waals surface area contributed by atoms with Gasteiger partial charge in [0, 0.05) is 12.3 Å². The molecule has 120 valence electrons. The van der Waals surface area contributed by atoms with Gasteiger partial charge in [-0.05, 0) is 38.0 Å². The van der Waals surface area contributed by atoms with Crippen molar-refractivity contribution in [2.45, 2.75) is 65.0 Å². The Morgan fingerprint density at radius 1 is 1.10 bits per heavy atom. The van der Waals surface area contributed by atoms with E-state index in [9.17, 15) is 4.79 Å². The summed E-state index contributed by atoms with van der Waals surface area (Å²) in [5, 5.41) is 0. The highest BCUT2D eigenvalue weighted by molar-refractivity contribution is 5.75. The summed E-state index contributed by atoms with van der Waals surface area (Å²) < 4.78 is 11.8. The first-order chi connectivity index (χ1) is 9.85. The number of carbonyl (C=O) groups excluding carboxylic acids is 1. The molecule has 6 unspecified atom stereocenters. The lowest BCUT2D eigenvalue weighted by molar-refractivity contribution is -0.526. The predicted octanol–water partition coefficient (Wildman–Crippen LogP) is 3.03. The highest BCUT2D eigenvalue weighted by atomic mass is 17.2. The number of ether oxygens (including phenoxy) is 2. The average Bonchev–Trinajstić information content (AvgIpc) is 2.64. The van der Waals surface area contributed by atoms with Crippen molar-refractivity contribution >= 4 is 5.97 Å². The Bertz CT molecular complexity index is 425. The van der Waals surface area contributed by atoms with Gasteiger partial charge in [0.15, 0.2) is 0 Å². The van der Waals surface area contributed by atoms with E-state index in [4.69, 9.17) is 19.2 Å². The fourth-order valence-electron chi connectivity index (χ4n) is 3.83. The molecule has 0 saturated carbocycles. The Hall–Kier alpha value is -0.650. The molecule has 3 saturated heterocycles. The van der Waals surface area contributed by atoms with E-state index in [1.54, 1.807) is 0 Å². The molecule has 1 spiro atoms. The maximum Gasteiger partial charge on any atom is 0.311 e. The first kappa shape index (κ1) is 15.3. The summed E-state index contributed by atoms with van der Waals surface area (Å²) in [5.41, 5.74) is 0. The molecule has 0 N–H and O–H groups in total. The van der Waals surface area contributed by atoms with Gasteiger partial charge in [-0.2, -0.15) is 0 Å². The summed E-state index contributed by atoms with van der Waals surface area (Å²) in [7, 11) is 0. The van der Waals surface area contributed by atoms with Gasteiger partial charge in [-0.1, -0.05) is 20.8 Å². The van der Waals surface area contributed by atoms with E-state index in [1.165, 1.54) is 0 Å². The molecule has 5 heteroatoms. The molecule has 0 aromatic rings. The van der Waals surface area contributed by atoms with E-state index in [2.05, 4.69) is 13.8 Å². The van der Waals surface area contributed by atoms with Gasteiger partial charge in [0.05, 0.1) is 5.92 Å². The Kier molecular flexibility index (Phi) is 3.79. The molecule has 3 rings (SSSR count). The summed E-state index contributed by atoms with van der Waals surface area (Å²) in [4.78, 5) is 22.8. The lowest BCUT2D eigenvalue weighted by atomic mass is 9.79. The second kappa shape index (κ2) is 5.21. The van der Waals surface area contributed by atoms with Crippen LogP contribution in [0.3, 0.4) is 0 Å². The monoisotopic (exact) mass is 298 g/mol. The van der Waals surface area contributed by atoms with Crippen LogP contribution in [0, 0.1) is 23.7 Å². The summed E-state index contributed by atoms with van der Waals surface area (Å²) in [6.07, 6.45) is 3.73. The van der Waals surface area contributed by atoms with E-state index in [0.717, 1.165) is 25.7 Å². The molecule has 2 bridgehead atoms. The Morgan fingerprint density at radius 2 is 1.81 bits per heavy atom. The molecule has 3 aliphatic rings. The minimum atomic E-state index is -0.968. The van der Waals surface area contributed by atoms with Crippen molar-refractivity contribution < 1.29 is 24.0 Å². The van der Waals surface area contributed by atoms with Crippen LogP contribution in [0.25, 0.3) is 0 Å². The lowest BCUT2D eigenvalue weighted by Gasteiger charge is -2.46. The van der Waals surface area contributed by atoms with Crippen molar-refractivity contribution in [1.82, 2.24) is 0 Å². The molecule has 3 aliphatic heterocycles. The third-order valence-electron chi connectivity index (χ3n) is 5.66. The molecule has 3 heterocycles. The second-order valence-corrected chi connectivity index (χ2v) is 7.28. The molecular formula is C16H26O5. The topological polar surface area (TPSA) is 54.0 Å². The van der Waals surface area contributed by atoms with Crippen molar-refractivity contribution in [3.8, 4) is 0 Å². The third kappa shape index (κ3) is 2.60. The van der Waals surface area contributed by atoms with Crippen molar-refractivity contribution in [2.75, 3.05) is 6.61 Å². The van der Waals surface area contributed by atoms with Crippen LogP contribution in [0.15, 0.2) is 0 Å². The van der Waals surface area contributed by atoms with Gasteiger partial charge in [-0.3, -0.25) is 4.79 Å². The number of carbonyl (C=O) groups is 1. The lowest BCUT2D eigenvalue weighted by Crippen LogP contribution is -2.56. The fraction of sp³-hybridized carbons (Fsp3) is 0.938. The first-order valence-electron chi connectivity index (χ1n) is 8.09. The van der Waals surface area contributed by atoms with E-state index >= 15 is 0 Å². The Balaban J connectivity index is 1.92. The van der Waals surface area contributed by atoms with E-state index in [1.807, 2.05) is 13.8 Å². The number of hydrogen-bond acceptors (Lipinski definition) is 5. The molecule has 5 nitrogen and oxygen atoms in total. The number of fused-ring (bicyclic) bond motifs is 1. The van der Waals surface area contributed by atoms with Crippen molar-refractivity contribution in [3.05, 3.63) is 0 Å². The molecular weight excluding hydrogens is 272 g/mol. The molecule has 0 amide bonds. The summed E-state index contributed by atoms with van der Waals surface area (Å²) in [6.45, 7) is 8.52. The van der Waals surface area contributed by atoms with Gasteiger partial charge in [0.25, 0.3) is 0 Å². The highest BCUT2D eigenvalue weighted by Gasteiger charge is 2.60. The van der Waals surface area contributed by atoms with Gasteiger partial charge >= 0.3 is 5.97 Å². The first-order valence-corrected chi connectivity index (χ1v) is 8.09. The zero-order valence-electron chi connectivity index (χ0n) is 13.4. The predicted molar refractivity (Wildman–Crippen MR) is 74.8 cm³/mol. The molecule has 0 radical (unpaired) electrons. The van der Waals surface area contributed by atoms with Crippen LogP contribution in [0.4, 0.5) is 0 Å². The van der Waals surface area contributed by atoms with Gasteiger partial charge < -0.3 is 9.47 Å². The molecule has 3 fully saturated rings. The maximum absolute atomic E-state index is 12.1. The molecule has 21 heavy (non-hydrogen) atoms. The fourth-order valence-corrected chi connectivity index (χ4v) is 3.83.